The van der Waals surface area contributed by atoms with Gasteiger partial charge in [0.2, 0.25) is 0 Å². The first-order chi connectivity index (χ1) is 19.5. The number of sulfone groups is 1. The van der Waals surface area contributed by atoms with Crippen molar-refractivity contribution < 1.29 is 13.2 Å². The molecule has 0 radical (unpaired) electrons. The lowest BCUT2D eigenvalue weighted by molar-refractivity contribution is 0.0649. The third-order valence-electron chi connectivity index (χ3n) is 10.3. The number of ether oxygens (including phenoxy) is 1. The Balaban J connectivity index is 1.06. The highest BCUT2D eigenvalue weighted by atomic mass is 32.2. The van der Waals surface area contributed by atoms with Crippen LogP contribution in [0.2, 0.25) is 0 Å². The van der Waals surface area contributed by atoms with E-state index in [0.717, 1.165) is 83.5 Å². The molecule has 7 heteroatoms. The van der Waals surface area contributed by atoms with Crippen molar-refractivity contribution in [2.45, 2.75) is 60.5 Å². The van der Waals surface area contributed by atoms with Gasteiger partial charge in [0.05, 0.1) is 21.6 Å². The Morgan fingerprint density at radius 3 is 2.27 bits per heavy atom. The first-order valence-electron chi connectivity index (χ1n) is 15.2. The van der Waals surface area contributed by atoms with E-state index in [-0.39, 0.29) is 5.25 Å². The van der Waals surface area contributed by atoms with Crippen LogP contribution in [-0.2, 0) is 20.0 Å². The second-order valence-corrected chi connectivity index (χ2v) is 14.9. The van der Waals surface area contributed by atoms with Gasteiger partial charge in [0.1, 0.15) is 0 Å². The van der Waals surface area contributed by atoms with Gasteiger partial charge >= 0.3 is 0 Å². The minimum atomic E-state index is -3.13. The number of nitrogens with zero attached hydrogens (tertiary/aromatic N) is 3. The van der Waals surface area contributed by atoms with Crippen molar-refractivity contribution in [3.8, 4) is 6.07 Å². The smallest absolute Gasteiger partial charge is 0.181 e. The van der Waals surface area contributed by atoms with Gasteiger partial charge in [0, 0.05) is 45.0 Å². The molecule has 2 heterocycles. The number of methoxy groups -OCH3 is 1. The summed E-state index contributed by atoms with van der Waals surface area (Å²) >= 11 is 0. The number of hydrogen-bond donors (Lipinski definition) is 0. The molecule has 4 aliphatic rings. The van der Waals surface area contributed by atoms with Gasteiger partial charge in [-0.05, 0) is 99.2 Å². The van der Waals surface area contributed by atoms with Gasteiger partial charge < -0.3 is 14.5 Å². The number of nitriles is 1. The van der Waals surface area contributed by atoms with Gasteiger partial charge in [-0.25, -0.2) is 8.42 Å². The lowest BCUT2D eigenvalue weighted by Crippen LogP contribution is -2.54. The number of piperidine rings is 1. The summed E-state index contributed by atoms with van der Waals surface area (Å²) in [4.78, 5) is 5.43. The van der Waals surface area contributed by atoms with E-state index in [1.54, 1.807) is 19.2 Å². The van der Waals surface area contributed by atoms with Crippen LogP contribution >= 0.6 is 0 Å². The maximum absolute atomic E-state index is 12.5. The molecular formula is C33H43N3O3S. The summed E-state index contributed by atoms with van der Waals surface area (Å²) in [7, 11) is -1.33. The fourth-order valence-corrected chi connectivity index (χ4v) is 9.66. The van der Waals surface area contributed by atoms with Gasteiger partial charge in [-0.2, -0.15) is 5.26 Å². The predicted molar refractivity (Wildman–Crippen MR) is 158 cm³/mol. The minimum absolute atomic E-state index is 0.160. The van der Waals surface area contributed by atoms with E-state index >= 15 is 0 Å². The molecule has 4 fully saturated rings. The standard InChI is InChI=1S/C33H43N3O3S/c1-39-23-26-6-5-9-32(26)33(24-34,27-7-3-2-4-8-27)28-16-18-35(19-17-28)20-25-21-36(22-25)29-10-12-30(13-11-29)40(37,38)31-14-15-31/h2-4,7-8,10-13,25-26,28,31-32H,5-6,9,14-23H2,1H3/t26-,32+,33?/m0/s1. The lowest BCUT2D eigenvalue weighted by Gasteiger charge is -2.48. The summed E-state index contributed by atoms with van der Waals surface area (Å²) in [5.74, 6) is 1.79. The molecule has 2 saturated carbocycles. The highest BCUT2D eigenvalue weighted by Crippen LogP contribution is 2.52. The molecule has 0 aromatic heterocycles. The summed E-state index contributed by atoms with van der Waals surface area (Å²) in [6.45, 7) is 5.97. The van der Waals surface area contributed by atoms with Crippen LogP contribution in [0.4, 0.5) is 5.69 Å². The Morgan fingerprint density at radius 2 is 1.65 bits per heavy atom. The molecule has 0 N–H and O–H groups in total. The number of hydrogen-bond acceptors (Lipinski definition) is 6. The fraction of sp³-hybridized carbons (Fsp3) is 0.606. The average molecular weight is 562 g/mol. The number of anilines is 1. The van der Waals surface area contributed by atoms with Gasteiger partial charge in [-0.15, -0.1) is 0 Å². The van der Waals surface area contributed by atoms with Crippen LogP contribution in [0.1, 0.15) is 50.5 Å². The van der Waals surface area contributed by atoms with E-state index in [2.05, 4.69) is 46.2 Å². The van der Waals surface area contributed by atoms with E-state index in [1.165, 1.54) is 12.0 Å². The van der Waals surface area contributed by atoms with Crippen molar-refractivity contribution in [2.75, 3.05) is 51.3 Å². The topological polar surface area (TPSA) is 73.6 Å². The number of likely N-dealkylation sites (tertiary alicyclic amines) is 1. The van der Waals surface area contributed by atoms with Crippen LogP contribution in [0.15, 0.2) is 59.5 Å². The Labute approximate surface area is 240 Å². The quantitative estimate of drug-likeness (QED) is 0.392. The summed E-state index contributed by atoms with van der Waals surface area (Å²) in [6.07, 6.45) is 7.18. The van der Waals surface area contributed by atoms with E-state index < -0.39 is 15.3 Å². The Bertz CT molecular complexity index is 1290. The zero-order chi connectivity index (χ0) is 27.7. The molecule has 6 rings (SSSR count). The largest absolute Gasteiger partial charge is 0.384 e. The van der Waals surface area contributed by atoms with E-state index in [4.69, 9.17) is 4.74 Å². The Hall–Kier alpha value is -2.40. The van der Waals surface area contributed by atoms with Crippen LogP contribution in [-0.4, -0.2) is 65.0 Å². The Kier molecular flexibility index (Phi) is 7.96. The van der Waals surface area contributed by atoms with E-state index in [9.17, 15) is 13.7 Å². The second-order valence-electron chi connectivity index (χ2n) is 12.7. The van der Waals surface area contributed by atoms with Gasteiger partial charge in [-0.3, -0.25) is 0 Å². The third-order valence-corrected chi connectivity index (χ3v) is 12.5. The van der Waals surface area contributed by atoms with Crippen molar-refractivity contribution in [3.05, 3.63) is 60.2 Å². The van der Waals surface area contributed by atoms with Crippen LogP contribution < -0.4 is 4.90 Å². The molecule has 0 bridgehead atoms. The molecule has 0 amide bonds. The predicted octanol–water partition coefficient (Wildman–Crippen LogP) is 5.30. The summed E-state index contributed by atoms with van der Waals surface area (Å²) in [5, 5.41) is 10.7. The molecule has 2 aliphatic heterocycles. The minimum Gasteiger partial charge on any atom is -0.384 e. The van der Waals surface area contributed by atoms with E-state index in [1.807, 2.05) is 12.1 Å². The molecule has 1 unspecified atom stereocenters. The van der Waals surface area contributed by atoms with Crippen LogP contribution in [0.25, 0.3) is 0 Å². The molecule has 2 aromatic carbocycles. The van der Waals surface area contributed by atoms with Crippen molar-refractivity contribution in [1.82, 2.24) is 4.90 Å². The highest BCUT2D eigenvalue weighted by molar-refractivity contribution is 7.92. The molecule has 40 heavy (non-hydrogen) atoms. The van der Waals surface area contributed by atoms with E-state index in [0.29, 0.717) is 28.6 Å². The SMILES string of the molecule is COC[C@@H]1CCC[C@H]1C(C#N)(c1ccccc1)C1CCN(CC2CN(c3ccc(S(=O)(=O)C4CC4)cc3)C2)CC1. The third kappa shape index (κ3) is 5.19. The second kappa shape index (κ2) is 11.5. The summed E-state index contributed by atoms with van der Waals surface area (Å²) in [5.41, 5.74) is 1.88. The molecule has 0 spiro atoms. The van der Waals surface area contributed by atoms with Crippen LogP contribution in [0.5, 0.6) is 0 Å². The average Bonchev–Trinajstić information content (AvgIpc) is 3.74. The van der Waals surface area contributed by atoms with Crippen molar-refractivity contribution in [3.63, 3.8) is 0 Å². The molecule has 2 saturated heterocycles. The normalized spacial score (nSPS) is 26.2. The van der Waals surface area contributed by atoms with Crippen LogP contribution in [0, 0.1) is 35.0 Å². The zero-order valence-corrected chi connectivity index (χ0v) is 24.6. The maximum Gasteiger partial charge on any atom is 0.181 e. The number of benzene rings is 2. The number of rotatable bonds is 10. The molecule has 214 valence electrons. The Morgan fingerprint density at radius 1 is 0.950 bits per heavy atom. The lowest BCUT2D eigenvalue weighted by atomic mass is 9.58. The van der Waals surface area contributed by atoms with Crippen molar-refractivity contribution in [1.29, 1.82) is 5.26 Å². The molecule has 6 nitrogen and oxygen atoms in total. The molecular weight excluding hydrogens is 518 g/mol. The fourth-order valence-electron chi connectivity index (χ4n) is 8.00. The van der Waals surface area contributed by atoms with Gasteiger partial charge in [0.15, 0.2) is 9.84 Å². The van der Waals surface area contributed by atoms with Gasteiger partial charge in [0.25, 0.3) is 0 Å². The van der Waals surface area contributed by atoms with Crippen LogP contribution in [0.3, 0.4) is 0 Å². The maximum atomic E-state index is 12.5. The zero-order valence-electron chi connectivity index (χ0n) is 23.7. The molecule has 3 atom stereocenters. The monoisotopic (exact) mass is 561 g/mol. The van der Waals surface area contributed by atoms with Gasteiger partial charge in [-0.1, -0.05) is 36.8 Å². The van der Waals surface area contributed by atoms with Crippen molar-refractivity contribution in [2.24, 2.45) is 23.7 Å². The first kappa shape index (κ1) is 27.8. The van der Waals surface area contributed by atoms with Crippen molar-refractivity contribution >= 4 is 15.5 Å². The first-order valence-corrected chi connectivity index (χ1v) is 16.8. The summed E-state index contributed by atoms with van der Waals surface area (Å²) < 4.78 is 30.6. The molecule has 2 aromatic rings. The summed E-state index contributed by atoms with van der Waals surface area (Å²) in [6, 6.07) is 21.1. The molecule has 2 aliphatic carbocycles. The highest BCUT2D eigenvalue weighted by Gasteiger charge is 2.52.